The molecule has 1 nitrogen and oxygen atoms in total. The summed E-state index contributed by atoms with van der Waals surface area (Å²) < 4.78 is 2.99. The van der Waals surface area contributed by atoms with Gasteiger partial charge in [-0.1, -0.05) is 50.4 Å². The summed E-state index contributed by atoms with van der Waals surface area (Å²) in [4.78, 5) is 1.22. The first-order valence-electron chi connectivity index (χ1n) is 5.55. The average molecular weight is 410 g/mol. The maximum atomic E-state index is 6.03. The van der Waals surface area contributed by atoms with E-state index < -0.39 is 0 Å². The summed E-state index contributed by atoms with van der Waals surface area (Å²) in [5.74, 6) is 0. The maximum absolute atomic E-state index is 6.03. The lowest BCUT2D eigenvalue weighted by Crippen LogP contribution is -2.21. The van der Waals surface area contributed by atoms with Crippen LogP contribution in [-0.2, 0) is 0 Å². The predicted octanol–water partition coefficient (Wildman–Crippen LogP) is 5.63. The zero-order valence-electron chi connectivity index (χ0n) is 9.71. The Bertz CT molecular complexity index is 542. The zero-order chi connectivity index (χ0) is 13.1. The highest BCUT2D eigenvalue weighted by molar-refractivity contribution is 9.11. The minimum atomic E-state index is 0.166. The Morgan fingerprint density at radius 1 is 1.28 bits per heavy atom. The third kappa shape index (κ3) is 3.36. The number of hydrogen-bond donors (Lipinski definition) is 1. The molecule has 0 aliphatic rings. The van der Waals surface area contributed by atoms with Crippen LogP contribution in [0.25, 0.3) is 0 Å². The first kappa shape index (κ1) is 14.5. The van der Waals surface area contributed by atoms with Gasteiger partial charge in [0, 0.05) is 13.8 Å². The molecule has 0 fully saturated rings. The van der Waals surface area contributed by atoms with Crippen molar-refractivity contribution in [2.75, 3.05) is 6.54 Å². The summed E-state index contributed by atoms with van der Waals surface area (Å²) in [6.45, 7) is 3.01. The fourth-order valence-electron chi connectivity index (χ4n) is 1.79. The van der Waals surface area contributed by atoms with Crippen molar-refractivity contribution in [1.82, 2.24) is 5.32 Å². The van der Waals surface area contributed by atoms with Gasteiger partial charge in [0.25, 0.3) is 0 Å². The largest absolute Gasteiger partial charge is 0.306 e. The van der Waals surface area contributed by atoms with Crippen LogP contribution in [0.5, 0.6) is 0 Å². The van der Waals surface area contributed by atoms with Crippen molar-refractivity contribution in [1.29, 1.82) is 0 Å². The minimum absolute atomic E-state index is 0.166. The SMILES string of the molecule is CCNC(c1ccc(Cl)s1)c1cc(Br)ccc1Br. The number of halogens is 3. The molecule has 0 amide bonds. The van der Waals surface area contributed by atoms with Crippen molar-refractivity contribution >= 4 is 54.8 Å². The molecule has 1 aromatic heterocycles. The van der Waals surface area contributed by atoms with Crippen molar-refractivity contribution in [2.24, 2.45) is 0 Å². The molecule has 96 valence electrons. The number of hydrogen-bond acceptors (Lipinski definition) is 2. The monoisotopic (exact) mass is 407 g/mol. The second kappa shape index (κ2) is 6.53. The van der Waals surface area contributed by atoms with E-state index >= 15 is 0 Å². The predicted molar refractivity (Wildman–Crippen MR) is 86.7 cm³/mol. The van der Waals surface area contributed by atoms with Crippen molar-refractivity contribution in [3.8, 4) is 0 Å². The average Bonchev–Trinajstić information content (AvgIpc) is 2.76. The molecule has 0 aliphatic heterocycles. The van der Waals surface area contributed by atoms with Gasteiger partial charge in [-0.15, -0.1) is 11.3 Å². The molecule has 0 spiro atoms. The van der Waals surface area contributed by atoms with E-state index in [-0.39, 0.29) is 6.04 Å². The van der Waals surface area contributed by atoms with Gasteiger partial charge in [-0.3, -0.25) is 0 Å². The van der Waals surface area contributed by atoms with Crippen LogP contribution in [-0.4, -0.2) is 6.54 Å². The van der Waals surface area contributed by atoms with Crippen LogP contribution < -0.4 is 5.32 Å². The van der Waals surface area contributed by atoms with Gasteiger partial charge in [-0.25, -0.2) is 0 Å². The van der Waals surface area contributed by atoms with E-state index in [4.69, 9.17) is 11.6 Å². The molecule has 5 heteroatoms. The fraction of sp³-hybridized carbons (Fsp3) is 0.231. The topological polar surface area (TPSA) is 12.0 Å². The molecule has 0 bridgehead atoms. The summed E-state index contributed by atoms with van der Waals surface area (Å²) in [7, 11) is 0. The lowest BCUT2D eigenvalue weighted by molar-refractivity contribution is 0.637. The van der Waals surface area contributed by atoms with E-state index in [1.807, 2.05) is 12.1 Å². The summed E-state index contributed by atoms with van der Waals surface area (Å²) in [6.07, 6.45) is 0. The highest BCUT2D eigenvalue weighted by Gasteiger charge is 2.18. The van der Waals surface area contributed by atoms with Gasteiger partial charge in [0.15, 0.2) is 0 Å². The number of thiophene rings is 1. The first-order chi connectivity index (χ1) is 8.61. The van der Waals surface area contributed by atoms with Gasteiger partial charge in [-0.2, -0.15) is 0 Å². The molecule has 1 atom stereocenters. The Hall–Kier alpha value is 0.130. The lowest BCUT2D eigenvalue weighted by Gasteiger charge is -2.18. The van der Waals surface area contributed by atoms with Crippen molar-refractivity contribution in [2.45, 2.75) is 13.0 Å². The van der Waals surface area contributed by atoms with Crippen LogP contribution in [0, 0.1) is 0 Å². The molecule has 1 unspecified atom stereocenters. The molecular formula is C13H12Br2ClNS. The van der Waals surface area contributed by atoms with Crippen molar-refractivity contribution in [3.05, 3.63) is 54.1 Å². The standard InChI is InChI=1S/C13H12Br2ClNS/c1-2-17-13(11-5-6-12(16)18-11)9-7-8(14)3-4-10(9)15/h3-7,13,17H,2H2,1H3. The molecule has 1 N–H and O–H groups in total. The Balaban J connectivity index is 2.44. The summed E-state index contributed by atoms with van der Waals surface area (Å²) in [6, 6.07) is 10.4. The van der Waals surface area contributed by atoms with Crippen molar-refractivity contribution in [3.63, 3.8) is 0 Å². The molecule has 1 aromatic carbocycles. The molecule has 2 aromatic rings. The van der Waals surface area contributed by atoms with E-state index in [1.165, 1.54) is 10.4 Å². The Kier molecular flexibility index (Phi) is 5.27. The molecule has 2 rings (SSSR count). The second-order valence-corrected chi connectivity index (χ2v) is 7.32. The Morgan fingerprint density at radius 2 is 2.06 bits per heavy atom. The highest BCUT2D eigenvalue weighted by Crippen LogP contribution is 2.35. The first-order valence-corrected chi connectivity index (χ1v) is 8.33. The van der Waals surface area contributed by atoms with Crippen LogP contribution >= 0.6 is 54.8 Å². The van der Waals surface area contributed by atoms with E-state index in [1.54, 1.807) is 11.3 Å². The molecule has 0 saturated heterocycles. The molecular weight excluding hydrogens is 397 g/mol. The lowest BCUT2D eigenvalue weighted by atomic mass is 10.1. The minimum Gasteiger partial charge on any atom is -0.306 e. The molecule has 1 heterocycles. The van der Waals surface area contributed by atoms with Gasteiger partial charge in [-0.05, 0) is 42.4 Å². The van der Waals surface area contributed by atoms with Crippen LogP contribution in [0.15, 0.2) is 39.3 Å². The van der Waals surface area contributed by atoms with Gasteiger partial charge in [0.05, 0.1) is 10.4 Å². The van der Waals surface area contributed by atoms with E-state index in [2.05, 4.69) is 62.3 Å². The Labute approximate surface area is 133 Å². The normalized spacial score (nSPS) is 12.7. The van der Waals surface area contributed by atoms with Gasteiger partial charge >= 0.3 is 0 Å². The summed E-state index contributed by atoms with van der Waals surface area (Å²) in [5, 5.41) is 3.50. The maximum Gasteiger partial charge on any atom is 0.0931 e. The van der Waals surface area contributed by atoms with E-state index in [0.29, 0.717) is 0 Å². The third-order valence-corrected chi connectivity index (χ3v) is 5.07. The quantitative estimate of drug-likeness (QED) is 0.690. The highest BCUT2D eigenvalue weighted by atomic mass is 79.9. The molecule has 0 radical (unpaired) electrons. The summed E-state index contributed by atoms with van der Waals surface area (Å²) in [5.41, 5.74) is 1.21. The van der Waals surface area contributed by atoms with Crippen LogP contribution in [0.4, 0.5) is 0 Å². The number of rotatable bonds is 4. The van der Waals surface area contributed by atoms with Crippen LogP contribution in [0.1, 0.15) is 23.4 Å². The Morgan fingerprint density at radius 3 is 2.67 bits per heavy atom. The van der Waals surface area contributed by atoms with Crippen LogP contribution in [0.2, 0.25) is 4.34 Å². The smallest absolute Gasteiger partial charge is 0.0931 e. The van der Waals surface area contributed by atoms with Gasteiger partial charge in [0.1, 0.15) is 0 Å². The molecule has 0 aliphatic carbocycles. The number of nitrogens with one attached hydrogen (secondary N) is 1. The van der Waals surface area contributed by atoms with E-state index in [9.17, 15) is 0 Å². The molecule has 18 heavy (non-hydrogen) atoms. The molecule has 0 saturated carbocycles. The van der Waals surface area contributed by atoms with Crippen LogP contribution in [0.3, 0.4) is 0 Å². The van der Waals surface area contributed by atoms with Gasteiger partial charge < -0.3 is 5.32 Å². The number of benzene rings is 1. The second-order valence-electron chi connectivity index (χ2n) is 3.80. The third-order valence-electron chi connectivity index (χ3n) is 2.56. The summed E-state index contributed by atoms with van der Waals surface area (Å²) >= 11 is 14.8. The van der Waals surface area contributed by atoms with Gasteiger partial charge in [0.2, 0.25) is 0 Å². The fourth-order valence-corrected chi connectivity index (χ4v) is 3.80. The van der Waals surface area contributed by atoms with Crippen molar-refractivity contribution < 1.29 is 0 Å². The zero-order valence-corrected chi connectivity index (χ0v) is 14.5. The van der Waals surface area contributed by atoms with E-state index in [0.717, 1.165) is 19.8 Å².